The number of rotatable bonds is 2. The maximum atomic E-state index is 3.45. The van der Waals surface area contributed by atoms with E-state index in [1.807, 2.05) is 11.3 Å². The minimum Gasteiger partial charge on any atom is -0.134 e. The summed E-state index contributed by atoms with van der Waals surface area (Å²) in [5, 5.41) is 0. The summed E-state index contributed by atoms with van der Waals surface area (Å²) >= 11 is 5.45. The fourth-order valence-electron chi connectivity index (χ4n) is 2.18. The lowest BCUT2D eigenvalue weighted by atomic mass is 10.3. The molecule has 0 saturated carbocycles. The minimum absolute atomic E-state index is 1.17. The van der Waals surface area contributed by atoms with E-state index in [-0.39, 0.29) is 0 Å². The Morgan fingerprint density at radius 2 is 0.852 bits per heavy atom. The summed E-state index contributed by atoms with van der Waals surface area (Å²) < 4.78 is 0. The van der Waals surface area contributed by atoms with Crippen molar-refractivity contribution in [2.75, 3.05) is 0 Å². The van der Waals surface area contributed by atoms with Crippen LogP contribution < -0.4 is 0 Å². The maximum Gasteiger partial charge on any atom is 0.129 e. The van der Waals surface area contributed by atoms with Crippen molar-refractivity contribution in [2.24, 2.45) is 0 Å². The van der Waals surface area contributed by atoms with Gasteiger partial charge in [-0.1, -0.05) is 51.1 Å². The third-order valence-corrected chi connectivity index (χ3v) is 8.65. The highest BCUT2D eigenvalue weighted by molar-refractivity contribution is 7.26. The normalized spacial score (nSPS) is 11.5. The summed E-state index contributed by atoms with van der Waals surface area (Å²) in [6.07, 6.45) is 0. The Balaban J connectivity index is 1.79. The fraction of sp³-hybridized carbons (Fsp3) is 0.273. The van der Waals surface area contributed by atoms with E-state index in [1.54, 1.807) is 22.7 Å². The molecule has 0 bridgehead atoms. The number of hydrogen-bond donors (Lipinski definition) is 0. The second kappa shape index (κ2) is 7.95. The zero-order chi connectivity index (χ0) is 19.7. The van der Waals surface area contributed by atoms with Crippen LogP contribution in [0.2, 0.25) is 39.3 Å². The molecule has 0 fully saturated rings. The van der Waals surface area contributed by atoms with Crippen molar-refractivity contribution in [1.29, 1.82) is 0 Å². The molecule has 0 amide bonds. The van der Waals surface area contributed by atoms with Crippen molar-refractivity contribution < 1.29 is 0 Å². The van der Waals surface area contributed by atoms with Gasteiger partial charge in [0.2, 0.25) is 0 Å². The smallest absolute Gasteiger partial charge is 0.129 e. The van der Waals surface area contributed by atoms with Crippen LogP contribution in [-0.2, 0) is 0 Å². The van der Waals surface area contributed by atoms with Crippen LogP contribution in [0.4, 0.5) is 0 Å². The molecule has 0 atom stereocenters. The third-order valence-electron chi connectivity index (χ3n) is 3.43. The van der Waals surface area contributed by atoms with Gasteiger partial charge < -0.3 is 0 Å². The SMILES string of the molecule is C[Si](C)(C)C#Cc1ccc(-c2ccc(-c3ccc(C#C[Si](C)(C)C)s3)s2)s1. The van der Waals surface area contributed by atoms with Gasteiger partial charge in [0, 0.05) is 19.5 Å². The number of thiophene rings is 3. The second-order valence-electron chi connectivity index (χ2n) is 8.49. The van der Waals surface area contributed by atoms with Crippen molar-refractivity contribution in [3.05, 3.63) is 46.2 Å². The van der Waals surface area contributed by atoms with Gasteiger partial charge in [-0.15, -0.1) is 45.1 Å². The first-order valence-electron chi connectivity index (χ1n) is 8.96. The molecule has 0 unspecified atom stereocenters. The van der Waals surface area contributed by atoms with Gasteiger partial charge in [-0.05, 0) is 36.4 Å². The van der Waals surface area contributed by atoms with Crippen LogP contribution in [0.3, 0.4) is 0 Å². The third kappa shape index (κ3) is 6.07. The average Bonchev–Trinajstić information content (AvgIpc) is 3.28. The molecular formula is C22H24S3Si2. The van der Waals surface area contributed by atoms with Gasteiger partial charge in [-0.2, -0.15) is 0 Å². The van der Waals surface area contributed by atoms with E-state index < -0.39 is 16.1 Å². The highest BCUT2D eigenvalue weighted by Gasteiger charge is 2.11. The Hall–Kier alpha value is -1.35. The molecule has 138 valence electrons. The molecule has 0 aromatic carbocycles. The molecule has 3 heterocycles. The Morgan fingerprint density at radius 1 is 0.519 bits per heavy atom. The molecule has 3 aromatic heterocycles. The summed E-state index contributed by atoms with van der Waals surface area (Å²) in [5.74, 6) is 6.74. The van der Waals surface area contributed by atoms with Crippen LogP contribution in [0.1, 0.15) is 9.75 Å². The Labute approximate surface area is 177 Å². The molecular weight excluding hydrogens is 417 g/mol. The highest BCUT2D eigenvalue weighted by atomic mass is 32.1. The molecule has 0 saturated heterocycles. The quantitative estimate of drug-likeness (QED) is 0.283. The van der Waals surface area contributed by atoms with Crippen LogP contribution in [0, 0.1) is 22.9 Å². The molecule has 0 spiro atoms. The maximum absolute atomic E-state index is 3.45. The van der Waals surface area contributed by atoms with Crippen molar-refractivity contribution in [3.8, 4) is 42.4 Å². The molecule has 3 rings (SSSR count). The van der Waals surface area contributed by atoms with E-state index >= 15 is 0 Å². The van der Waals surface area contributed by atoms with Gasteiger partial charge in [0.1, 0.15) is 16.1 Å². The Kier molecular flexibility index (Phi) is 6.00. The van der Waals surface area contributed by atoms with Gasteiger partial charge >= 0.3 is 0 Å². The van der Waals surface area contributed by atoms with Gasteiger partial charge in [0.15, 0.2) is 0 Å². The van der Waals surface area contributed by atoms with Crippen LogP contribution in [0.5, 0.6) is 0 Å². The molecule has 0 N–H and O–H groups in total. The molecule has 0 radical (unpaired) electrons. The Bertz CT molecular complexity index is 976. The standard InChI is InChI=1S/C22H24S3Si2/c1-26(2,3)15-13-17-7-9-19(23-17)21-11-12-22(25-21)20-10-8-18(24-20)14-16-27(4,5)6/h7-12H,1-6H3. The molecule has 0 aliphatic heterocycles. The topological polar surface area (TPSA) is 0 Å². The number of hydrogen-bond acceptors (Lipinski definition) is 3. The summed E-state index contributed by atoms with van der Waals surface area (Å²) in [6, 6.07) is 13.2. The lowest BCUT2D eigenvalue weighted by Gasteiger charge is -2.02. The molecule has 0 nitrogen and oxygen atoms in total. The molecule has 5 heteroatoms. The van der Waals surface area contributed by atoms with E-state index in [1.165, 1.54) is 29.3 Å². The van der Waals surface area contributed by atoms with Crippen LogP contribution >= 0.6 is 34.0 Å². The summed E-state index contributed by atoms with van der Waals surface area (Å²) in [6.45, 7) is 13.7. The van der Waals surface area contributed by atoms with E-state index in [9.17, 15) is 0 Å². The van der Waals surface area contributed by atoms with Crippen LogP contribution in [-0.4, -0.2) is 16.1 Å². The predicted molar refractivity (Wildman–Crippen MR) is 131 cm³/mol. The predicted octanol–water partition coefficient (Wildman–Crippen LogP) is 7.66. The minimum atomic E-state index is -1.33. The summed E-state index contributed by atoms with van der Waals surface area (Å²) in [7, 11) is -2.65. The second-order valence-corrected chi connectivity index (χ2v) is 21.2. The van der Waals surface area contributed by atoms with Crippen LogP contribution in [0.25, 0.3) is 19.5 Å². The summed E-state index contributed by atoms with van der Waals surface area (Å²) in [4.78, 5) is 7.59. The largest absolute Gasteiger partial charge is 0.134 e. The molecule has 0 aliphatic rings. The van der Waals surface area contributed by atoms with Gasteiger partial charge in [0.25, 0.3) is 0 Å². The van der Waals surface area contributed by atoms with Crippen molar-refractivity contribution in [3.63, 3.8) is 0 Å². The lowest BCUT2D eigenvalue weighted by molar-refractivity contribution is 1.81. The summed E-state index contributed by atoms with van der Waals surface area (Å²) in [5.41, 5.74) is 6.91. The zero-order valence-electron chi connectivity index (χ0n) is 16.7. The molecule has 27 heavy (non-hydrogen) atoms. The van der Waals surface area contributed by atoms with Gasteiger partial charge in [0.05, 0.1) is 9.75 Å². The van der Waals surface area contributed by atoms with Crippen molar-refractivity contribution in [2.45, 2.75) is 39.3 Å². The Morgan fingerprint density at radius 3 is 1.22 bits per heavy atom. The molecule has 0 aliphatic carbocycles. The fourth-order valence-corrected chi connectivity index (χ4v) is 6.28. The first-order chi connectivity index (χ1) is 12.6. The van der Waals surface area contributed by atoms with Crippen LogP contribution in [0.15, 0.2) is 36.4 Å². The average molecular weight is 441 g/mol. The molecule has 3 aromatic rings. The van der Waals surface area contributed by atoms with E-state index in [0.29, 0.717) is 0 Å². The lowest BCUT2D eigenvalue weighted by Crippen LogP contribution is -2.16. The van der Waals surface area contributed by atoms with E-state index in [4.69, 9.17) is 0 Å². The van der Waals surface area contributed by atoms with Gasteiger partial charge in [-0.25, -0.2) is 0 Å². The monoisotopic (exact) mass is 440 g/mol. The first kappa shape index (κ1) is 20.4. The van der Waals surface area contributed by atoms with E-state index in [2.05, 4.69) is 98.6 Å². The van der Waals surface area contributed by atoms with Crippen molar-refractivity contribution in [1.82, 2.24) is 0 Å². The zero-order valence-corrected chi connectivity index (χ0v) is 21.1. The van der Waals surface area contributed by atoms with Crippen molar-refractivity contribution >= 4 is 50.2 Å². The van der Waals surface area contributed by atoms with Gasteiger partial charge in [-0.3, -0.25) is 0 Å². The van der Waals surface area contributed by atoms with E-state index in [0.717, 1.165) is 0 Å². The highest BCUT2D eigenvalue weighted by Crippen LogP contribution is 2.39. The first-order valence-corrected chi connectivity index (χ1v) is 18.4.